The summed E-state index contributed by atoms with van der Waals surface area (Å²) < 4.78 is 1.11. The molecule has 0 saturated heterocycles. The highest BCUT2D eigenvalue weighted by Gasteiger charge is 2.25. The fourth-order valence-corrected chi connectivity index (χ4v) is 2.29. The highest BCUT2D eigenvalue weighted by molar-refractivity contribution is 9.11. The lowest BCUT2D eigenvalue weighted by atomic mass is 9.77. The Bertz CT molecular complexity index is 233. The van der Waals surface area contributed by atoms with Crippen LogP contribution in [0.3, 0.4) is 0 Å². The average molecular weight is 250 g/mol. The van der Waals surface area contributed by atoms with E-state index >= 15 is 0 Å². The van der Waals surface area contributed by atoms with Gasteiger partial charge in [0.1, 0.15) is 0 Å². The van der Waals surface area contributed by atoms with Crippen molar-refractivity contribution in [1.82, 2.24) is 0 Å². The van der Waals surface area contributed by atoms with Crippen molar-refractivity contribution in [3.63, 3.8) is 0 Å². The van der Waals surface area contributed by atoms with Crippen LogP contribution in [0.2, 0.25) is 0 Å². The molecular weight excluding hydrogens is 235 g/mol. The summed E-state index contributed by atoms with van der Waals surface area (Å²) in [6.45, 7) is 6.72. The van der Waals surface area contributed by atoms with Gasteiger partial charge in [-0.1, -0.05) is 54.4 Å². The zero-order chi connectivity index (χ0) is 9.35. The highest BCUT2D eigenvalue weighted by Crippen LogP contribution is 2.38. The van der Waals surface area contributed by atoms with Crippen LogP contribution in [0.1, 0.15) is 27.2 Å². The predicted molar refractivity (Wildman–Crippen MR) is 58.5 cm³/mol. The molecule has 0 aliphatic heterocycles. The summed E-state index contributed by atoms with van der Waals surface area (Å²) in [5.74, 6) is 0.546. The van der Waals surface area contributed by atoms with Gasteiger partial charge in [0.2, 0.25) is 0 Å². The summed E-state index contributed by atoms with van der Waals surface area (Å²) in [4.78, 5) is 0. The van der Waals surface area contributed by atoms with Gasteiger partial charge in [-0.05, 0) is 23.8 Å². The van der Waals surface area contributed by atoms with Crippen LogP contribution in [0.4, 0.5) is 0 Å². The molecule has 0 N–H and O–H groups in total. The Hall–Kier alpha value is 0.250. The maximum absolute atomic E-state index is 6.00. The number of halogens is 2. The Labute approximate surface area is 87.8 Å². The van der Waals surface area contributed by atoms with Crippen LogP contribution in [0.15, 0.2) is 21.7 Å². The predicted octanol–water partition coefficient (Wildman–Crippen LogP) is 4.45. The molecule has 1 atom stereocenters. The van der Waals surface area contributed by atoms with E-state index in [0.29, 0.717) is 11.3 Å². The molecule has 1 unspecified atom stereocenters. The summed E-state index contributed by atoms with van der Waals surface area (Å²) in [5.41, 5.74) is 0.299. The number of hydrogen-bond donors (Lipinski definition) is 0. The summed E-state index contributed by atoms with van der Waals surface area (Å²) in [6.07, 6.45) is 5.19. The first-order chi connectivity index (χ1) is 5.39. The molecule has 0 bridgehead atoms. The van der Waals surface area contributed by atoms with E-state index in [4.69, 9.17) is 11.6 Å². The zero-order valence-electron chi connectivity index (χ0n) is 7.70. The van der Waals surface area contributed by atoms with Crippen LogP contribution < -0.4 is 0 Å². The first kappa shape index (κ1) is 10.3. The van der Waals surface area contributed by atoms with Gasteiger partial charge in [-0.15, -0.1) is 0 Å². The van der Waals surface area contributed by atoms with E-state index in [1.165, 1.54) is 0 Å². The first-order valence-corrected chi connectivity index (χ1v) is 5.30. The van der Waals surface area contributed by atoms with Crippen molar-refractivity contribution in [3.8, 4) is 0 Å². The molecule has 12 heavy (non-hydrogen) atoms. The number of rotatable bonds is 0. The third kappa shape index (κ3) is 2.63. The van der Waals surface area contributed by atoms with Gasteiger partial charge in [0, 0.05) is 9.51 Å². The molecule has 2 heteroatoms. The molecular formula is C10H14BrCl. The lowest BCUT2D eigenvalue weighted by Crippen LogP contribution is -2.20. The Balaban J connectivity index is 2.81. The smallest absolute Gasteiger partial charge is 0.0198 e. The number of hydrogen-bond acceptors (Lipinski definition) is 0. The van der Waals surface area contributed by atoms with Crippen molar-refractivity contribution in [1.29, 1.82) is 0 Å². The van der Waals surface area contributed by atoms with Gasteiger partial charge in [-0.3, -0.25) is 0 Å². The molecule has 68 valence electrons. The van der Waals surface area contributed by atoms with Crippen molar-refractivity contribution in [2.45, 2.75) is 27.2 Å². The molecule has 1 aliphatic carbocycles. The second-order valence-corrected chi connectivity index (χ2v) is 5.72. The normalized spacial score (nSPS) is 24.9. The van der Waals surface area contributed by atoms with E-state index < -0.39 is 0 Å². The molecule has 0 fully saturated rings. The Morgan fingerprint density at radius 1 is 1.50 bits per heavy atom. The third-order valence-corrected chi connectivity index (χ3v) is 2.94. The Kier molecular flexibility index (Phi) is 3.06. The summed E-state index contributed by atoms with van der Waals surface area (Å²) in [6, 6.07) is 0. The molecule has 0 saturated carbocycles. The van der Waals surface area contributed by atoms with Crippen LogP contribution in [-0.4, -0.2) is 0 Å². The molecule has 0 aromatic carbocycles. The molecule has 0 amide bonds. The summed E-state index contributed by atoms with van der Waals surface area (Å²) >= 11 is 9.46. The van der Waals surface area contributed by atoms with Crippen LogP contribution in [0, 0.1) is 11.3 Å². The van der Waals surface area contributed by atoms with Crippen LogP contribution in [0.5, 0.6) is 0 Å². The molecule has 1 rings (SSSR count). The standard InChI is InChI=1S/C10H14BrCl/c1-10(2,3)7-4-8(11)6-9(12)5-7/h4,6-7H,5H2,1-3H3. The van der Waals surface area contributed by atoms with E-state index in [0.717, 1.165) is 15.9 Å². The molecule has 0 heterocycles. The summed E-state index contributed by atoms with van der Waals surface area (Å²) in [5, 5.41) is 0.948. The van der Waals surface area contributed by atoms with Crippen LogP contribution in [-0.2, 0) is 0 Å². The van der Waals surface area contributed by atoms with Crippen LogP contribution in [0.25, 0.3) is 0 Å². The maximum atomic E-state index is 6.00. The molecule has 0 aromatic rings. The fraction of sp³-hybridized carbons (Fsp3) is 0.600. The van der Waals surface area contributed by atoms with Crippen molar-refractivity contribution >= 4 is 27.5 Å². The zero-order valence-corrected chi connectivity index (χ0v) is 10.0. The van der Waals surface area contributed by atoms with Gasteiger partial charge >= 0.3 is 0 Å². The van der Waals surface area contributed by atoms with Gasteiger partial charge in [0.25, 0.3) is 0 Å². The number of allylic oxidation sites excluding steroid dienone is 4. The van der Waals surface area contributed by atoms with Crippen molar-refractivity contribution in [2.75, 3.05) is 0 Å². The van der Waals surface area contributed by atoms with Crippen molar-refractivity contribution in [3.05, 3.63) is 21.7 Å². The molecule has 0 nitrogen and oxygen atoms in total. The Morgan fingerprint density at radius 2 is 2.08 bits per heavy atom. The lowest BCUT2D eigenvalue weighted by molar-refractivity contribution is 0.292. The van der Waals surface area contributed by atoms with Gasteiger partial charge in [-0.25, -0.2) is 0 Å². The summed E-state index contributed by atoms with van der Waals surface area (Å²) in [7, 11) is 0. The van der Waals surface area contributed by atoms with Gasteiger partial charge in [0.05, 0.1) is 0 Å². The van der Waals surface area contributed by atoms with E-state index in [2.05, 4.69) is 42.8 Å². The van der Waals surface area contributed by atoms with Gasteiger partial charge in [-0.2, -0.15) is 0 Å². The third-order valence-electron chi connectivity index (χ3n) is 2.18. The molecule has 0 aromatic heterocycles. The molecule has 1 aliphatic rings. The average Bonchev–Trinajstić information content (AvgIpc) is 1.82. The minimum atomic E-state index is 0.299. The molecule has 0 spiro atoms. The second-order valence-electron chi connectivity index (χ2n) is 4.32. The topological polar surface area (TPSA) is 0 Å². The minimum absolute atomic E-state index is 0.299. The maximum Gasteiger partial charge on any atom is 0.0198 e. The van der Waals surface area contributed by atoms with Crippen molar-refractivity contribution in [2.24, 2.45) is 11.3 Å². The first-order valence-electron chi connectivity index (χ1n) is 4.13. The van der Waals surface area contributed by atoms with E-state index in [-0.39, 0.29) is 0 Å². The highest BCUT2D eigenvalue weighted by atomic mass is 79.9. The quantitative estimate of drug-likeness (QED) is 0.595. The van der Waals surface area contributed by atoms with Crippen LogP contribution >= 0.6 is 27.5 Å². The van der Waals surface area contributed by atoms with Gasteiger partial charge < -0.3 is 0 Å². The van der Waals surface area contributed by atoms with E-state index in [1.54, 1.807) is 0 Å². The minimum Gasteiger partial charge on any atom is -0.0891 e. The Morgan fingerprint density at radius 3 is 2.50 bits per heavy atom. The second kappa shape index (κ2) is 3.55. The largest absolute Gasteiger partial charge is 0.0891 e. The fourth-order valence-electron chi connectivity index (χ4n) is 1.27. The SMILES string of the molecule is CC(C)(C)C1C=C(Br)C=C(Cl)C1. The van der Waals surface area contributed by atoms with Crippen molar-refractivity contribution < 1.29 is 0 Å². The lowest BCUT2D eigenvalue weighted by Gasteiger charge is -2.30. The van der Waals surface area contributed by atoms with E-state index in [9.17, 15) is 0 Å². The van der Waals surface area contributed by atoms with E-state index in [1.807, 2.05) is 6.08 Å². The van der Waals surface area contributed by atoms with Gasteiger partial charge in [0.15, 0.2) is 0 Å². The monoisotopic (exact) mass is 248 g/mol. The molecule has 0 radical (unpaired) electrons.